The SMILES string of the molecule is [2H]c1c([2H])c([2H])c(-c2cccc(N(c3cc(-c4cc(C(C)(C)C)cc(C(C)(C)C)c4)cc(N(c4cccc(Cl)c4)c4cc(-c5ccccc5)cc(-c5ccc(C([2H])([2H])[2H])cc5)c4)c3)c3cccc(-n4c5ccccc5c5ccccc54)c3C#N)c2)c([2H])c1[2H]. The Morgan fingerprint density at radius 3 is 1.54 bits per heavy atom. The number of aryl methyl sites for hydroxylation is 1. The summed E-state index contributed by atoms with van der Waals surface area (Å²) in [6, 6.07) is 74.5. The van der Waals surface area contributed by atoms with Crippen molar-refractivity contribution in [3.63, 3.8) is 0 Å². The largest absolute Gasteiger partial charge is 0.310 e. The number of hydrogen-bond donors (Lipinski definition) is 0. The minimum Gasteiger partial charge on any atom is -0.310 e. The lowest BCUT2D eigenvalue weighted by atomic mass is 9.79. The molecule has 0 radical (unpaired) electrons. The molecule has 12 aromatic rings. The van der Waals surface area contributed by atoms with E-state index in [1.165, 1.54) is 0 Å². The minimum absolute atomic E-state index is 0.0368. The Labute approximate surface area is 493 Å². The van der Waals surface area contributed by atoms with Crippen LogP contribution in [0.15, 0.2) is 255 Å². The van der Waals surface area contributed by atoms with Crippen LogP contribution in [0.2, 0.25) is 5.02 Å². The van der Waals surface area contributed by atoms with Crippen LogP contribution in [0, 0.1) is 18.2 Å². The molecule has 0 fully saturated rings. The monoisotopic (exact) mass is 1070 g/mol. The van der Waals surface area contributed by atoms with Gasteiger partial charge in [-0.15, -0.1) is 0 Å². The molecule has 81 heavy (non-hydrogen) atoms. The molecule has 12 rings (SSSR count). The second-order valence-corrected chi connectivity index (χ2v) is 23.0. The fraction of sp³-hybridized carbons (Fsp3) is 0.118. The van der Waals surface area contributed by atoms with E-state index in [1.54, 1.807) is 18.2 Å². The van der Waals surface area contributed by atoms with Gasteiger partial charge in [0, 0.05) is 48.3 Å². The first-order valence-corrected chi connectivity index (χ1v) is 27.5. The van der Waals surface area contributed by atoms with E-state index in [2.05, 4.69) is 148 Å². The van der Waals surface area contributed by atoms with Gasteiger partial charge in [-0.2, -0.15) is 5.26 Å². The molecule has 0 saturated carbocycles. The van der Waals surface area contributed by atoms with E-state index < -0.39 is 25.0 Å². The average molecular weight is 1080 g/mol. The molecule has 0 saturated heterocycles. The number of anilines is 6. The molecule has 394 valence electrons. The Hall–Kier alpha value is -9.40. The third-order valence-electron chi connectivity index (χ3n) is 15.1. The zero-order valence-electron chi connectivity index (χ0n) is 54.0. The summed E-state index contributed by atoms with van der Waals surface area (Å²) in [5.74, 6) is 0. The molecule has 0 amide bonds. The van der Waals surface area contributed by atoms with E-state index in [4.69, 9.17) is 19.8 Å². The molecule has 0 N–H and O–H groups in total. The van der Waals surface area contributed by atoms with Crippen LogP contribution in [0.3, 0.4) is 0 Å². The van der Waals surface area contributed by atoms with Crippen molar-refractivity contribution in [2.24, 2.45) is 0 Å². The molecule has 5 heteroatoms. The van der Waals surface area contributed by atoms with E-state index in [9.17, 15) is 8.00 Å². The highest BCUT2D eigenvalue weighted by molar-refractivity contribution is 6.31. The Kier molecular flexibility index (Phi) is 11.5. The van der Waals surface area contributed by atoms with Crippen molar-refractivity contribution >= 4 is 67.5 Å². The lowest BCUT2D eigenvalue weighted by molar-refractivity contribution is 0.569. The van der Waals surface area contributed by atoms with Gasteiger partial charge in [0.05, 0.1) is 29.3 Å². The fourth-order valence-electron chi connectivity index (χ4n) is 10.9. The van der Waals surface area contributed by atoms with Crippen molar-refractivity contribution in [3.05, 3.63) is 282 Å². The van der Waals surface area contributed by atoms with Crippen LogP contribution < -0.4 is 9.80 Å². The van der Waals surface area contributed by atoms with Crippen LogP contribution >= 0.6 is 11.6 Å². The van der Waals surface area contributed by atoms with Crippen LogP contribution in [0.25, 0.3) is 72.0 Å². The number of hydrogen-bond acceptors (Lipinski definition) is 3. The Balaban J connectivity index is 1.21. The summed E-state index contributed by atoms with van der Waals surface area (Å²) < 4.78 is 71.1. The number of nitrogens with zero attached hydrogens (tertiary/aromatic N) is 4. The van der Waals surface area contributed by atoms with E-state index in [0.717, 1.165) is 77.7 Å². The van der Waals surface area contributed by atoms with Crippen LogP contribution in [0.4, 0.5) is 34.1 Å². The Bertz CT molecular complexity index is 4670. The predicted octanol–water partition coefficient (Wildman–Crippen LogP) is 21.8. The van der Waals surface area contributed by atoms with Gasteiger partial charge in [0.1, 0.15) is 11.6 Å². The molecule has 11 aromatic carbocycles. The van der Waals surface area contributed by atoms with Gasteiger partial charge in [0.25, 0.3) is 0 Å². The van der Waals surface area contributed by atoms with Gasteiger partial charge in [0.15, 0.2) is 0 Å². The van der Waals surface area contributed by atoms with Crippen LogP contribution in [-0.2, 0) is 10.8 Å². The summed E-state index contributed by atoms with van der Waals surface area (Å²) in [5, 5.41) is 14.5. The number of para-hydroxylation sites is 2. The normalized spacial score (nSPS) is 13.3. The van der Waals surface area contributed by atoms with Gasteiger partial charge in [-0.25, -0.2) is 0 Å². The molecule has 0 aliphatic heterocycles. The summed E-state index contributed by atoms with van der Waals surface area (Å²) in [4.78, 5) is 4.21. The molecular weight excluding hydrogens is 1000 g/mol. The van der Waals surface area contributed by atoms with Crippen molar-refractivity contribution in [2.75, 3.05) is 9.80 Å². The lowest BCUT2D eigenvalue weighted by Crippen LogP contribution is -2.17. The molecular formula is C76H63ClN4. The van der Waals surface area contributed by atoms with Crippen molar-refractivity contribution in [1.82, 2.24) is 4.57 Å². The maximum absolute atomic E-state index is 11.9. The predicted molar refractivity (Wildman–Crippen MR) is 344 cm³/mol. The second kappa shape index (κ2) is 21.3. The number of fused-ring (bicyclic) bond motifs is 3. The van der Waals surface area contributed by atoms with Gasteiger partial charge in [-0.1, -0.05) is 222 Å². The average Bonchev–Trinajstić information content (AvgIpc) is 2.01. The van der Waals surface area contributed by atoms with Gasteiger partial charge in [-0.05, 0) is 164 Å². The standard InChI is InChI=1S/C76H63ClN4/c1-51-35-37-54(38-36-51)57-39-56(53-23-12-9-13-24-53)43-65(44-57)79(64-28-19-26-62(77)48-64)66-45-59(58-40-60(75(2,3)4)47-61(41-58)76(5,6)7)46-67(49-66)80(63-27-18-25-55(42-63)52-21-10-8-11-22-52)73-33-20-34-74(70(73)50-78)81-71-31-16-14-29-68(71)69-30-15-17-32-72(69)81/h8-49H,1-7H3/i1D3,8D,10D,11D,21D,22D. The van der Waals surface area contributed by atoms with Gasteiger partial charge in [0.2, 0.25) is 0 Å². The highest BCUT2D eigenvalue weighted by atomic mass is 35.5. The number of rotatable bonds is 11. The molecule has 1 heterocycles. The third kappa shape index (κ3) is 10.4. The van der Waals surface area contributed by atoms with E-state index in [0.29, 0.717) is 44.6 Å². The number of nitriles is 1. The maximum Gasteiger partial charge on any atom is 0.104 e. The quantitative estimate of drug-likeness (QED) is 0.129. The zero-order valence-corrected chi connectivity index (χ0v) is 46.8. The second-order valence-electron chi connectivity index (χ2n) is 22.6. The first-order valence-electron chi connectivity index (χ1n) is 31.1. The number of aromatic nitrogens is 1. The van der Waals surface area contributed by atoms with E-state index in [1.807, 2.05) is 120 Å². The van der Waals surface area contributed by atoms with Gasteiger partial charge < -0.3 is 14.4 Å². The summed E-state index contributed by atoms with van der Waals surface area (Å²) in [6.07, 6.45) is 0. The van der Waals surface area contributed by atoms with Crippen molar-refractivity contribution in [1.29, 1.82) is 5.26 Å². The number of halogens is 1. The highest BCUT2D eigenvalue weighted by Crippen LogP contribution is 2.48. The summed E-state index contributed by atoms with van der Waals surface area (Å²) in [6.45, 7) is 11.0. The van der Waals surface area contributed by atoms with Crippen LogP contribution in [0.1, 0.15) is 74.8 Å². The van der Waals surface area contributed by atoms with Crippen LogP contribution in [0.5, 0.6) is 0 Å². The smallest absolute Gasteiger partial charge is 0.104 e. The Morgan fingerprint density at radius 1 is 0.432 bits per heavy atom. The third-order valence-corrected chi connectivity index (χ3v) is 15.3. The molecule has 0 spiro atoms. The highest BCUT2D eigenvalue weighted by Gasteiger charge is 2.27. The number of benzene rings is 11. The maximum atomic E-state index is 11.9. The topological polar surface area (TPSA) is 35.2 Å². The molecule has 4 nitrogen and oxygen atoms in total. The van der Waals surface area contributed by atoms with E-state index in [-0.39, 0.29) is 34.0 Å². The summed E-state index contributed by atoms with van der Waals surface area (Å²) >= 11 is 7.06. The fourth-order valence-corrected chi connectivity index (χ4v) is 11.1. The molecule has 0 aliphatic carbocycles. The first kappa shape index (κ1) is 43.5. The van der Waals surface area contributed by atoms with Crippen LogP contribution in [-0.4, -0.2) is 4.57 Å². The van der Waals surface area contributed by atoms with Crippen molar-refractivity contribution < 1.29 is 11.0 Å². The molecule has 1 aromatic heterocycles. The zero-order chi connectivity index (χ0) is 62.8. The van der Waals surface area contributed by atoms with Crippen molar-refractivity contribution in [2.45, 2.75) is 59.2 Å². The lowest BCUT2D eigenvalue weighted by Gasteiger charge is -2.32. The molecule has 0 unspecified atom stereocenters. The minimum atomic E-state index is -2.29. The molecule has 0 bridgehead atoms. The first-order chi connectivity index (χ1) is 42.5. The summed E-state index contributed by atoms with van der Waals surface area (Å²) in [7, 11) is 0. The van der Waals surface area contributed by atoms with Gasteiger partial charge >= 0.3 is 0 Å². The molecule has 0 atom stereocenters. The summed E-state index contributed by atoms with van der Waals surface area (Å²) in [5.41, 5.74) is 14.4. The van der Waals surface area contributed by atoms with E-state index >= 15 is 0 Å². The van der Waals surface area contributed by atoms with Gasteiger partial charge in [-0.3, -0.25) is 0 Å². The molecule has 0 aliphatic rings. The Morgan fingerprint density at radius 2 is 0.938 bits per heavy atom. The van der Waals surface area contributed by atoms with Crippen molar-refractivity contribution in [3.8, 4) is 56.3 Å².